The summed E-state index contributed by atoms with van der Waals surface area (Å²) in [7, 11) is 0. The summed E-state index contributed by atoms with van der Waals surface area (Å²) in [5, 5.41) is 2.35. The molecule has 2 amide bonds. The van der Waals surface area contributed by atoms with Gasteiger partial charge in [-0.15, -0.1) is 24.9 Å². The molecule has 1 aliphatic rings. The minimum absolute atomic E-state index is 0.0199. The number of ether oxygens (including phenoxy) is 1. The predicted octanol–water partition coefficient (Wildman–Crippen LogP) is 4.86. The van der Waals surface area contributed by atoms with E-state index in [1.807, 2.05) is 30.3 Å². The Morgan fingerprint density at radius 2 is 1.80 bits per heavy atom. The number of nitrogens with zero attached hydrogens (tertiary/aromatic N) is 1. The van der Waals surface area contributed by atoms with Crippen LogP contribution < -0.4 is 10.1 Å². The molecule has 0 spiro atoms. The molecule has 0 saturated carbocycles. The SMILES string of the molecule is O=C(Nc1ccccc1OC(F)(F)F)N1CCSC1c1ccccc1. The van der Waals surface area contributed by atoms with Crippen molar-refractivity contribution in [3.63, 3.8) is 0 Å². The van der Waals surface area contributed by atoms with Gasteiger partial charge >= 0.3 is 12.4 Å². The van der Waals surface area contributed by atoms with Crippen molar-refractivity contribution >= 4 is 23.5 Å². The van der Waals surface area contributed by atoms with E-state index in [2.05, 4.69) is 10.1 Å². The summed E-state index contributed by atoms with van der Waals surface area (Å²) < 4.78 is 41.5. The first-order chi connectivity index (χ1) is 11.9. The normalized spacial score (nSPS) is 17.4. The van der Waals surface area contributed by atoms with E-state index in [4.69, 9.17) is 0 Å². The molecule has 132 valence electrons. The molecule has 1 N–H and O–H groups in total. The third kappa shape index (κ3) is 4.39. The average molecular weight is 368 g/mol. The molecule has 1 fully saturated rings. The summed E-state index contributed by atoms with van der Waals surface area (Å²) in [5.41, 5.74) is 0.952. The van der Waals surface area contributed by atoms with Gasteiger partial charge in [0, 0.05) is 12.3 Å². The van der Waals surface area contributed by atoms with Crippen molar-refractivity contribution in [3.05, 3.63) is 60.2 Å². The second-order valence-corrected chi connectivity index (χ2v) is 6.49. The number of carbonyl (C=O) groups excluding carboxylic acids is 1. The van der Waals surface area contributed by atoms with Crippen LogP contribution in [0, 0.1) is 0 Å². The second-order valence-electron chi connectivity index (χ2n) is 5.30. The minimum Gasteiger partial charge on any atom is -0.404 e. The molecule has 2 aromatic carbocycles. The zero-order valence-electron chi connectivity index (χ0n) is 13.0. The number of para-hydroxylation sites is 2. The van der Waals surface area contributed by atoms with Gasteiger partial charge in [0.05, 0.1) is 5.69 Å². The van der Waals surface area contributed by atoms with Crippen LogP contribution in [-0.4, -0.2) is 29.6 Å². The number of hydrogen-bond acceptors (Lipinski definition) is 3. The highest BCUT2D eigenvalue weighted by atomic mass is 32.2. The standard InChI is InChI=1S/C17H15F3N2O2S/c18-17(19,20)24-14-9-5-4-8-13(14)21-16(23)22-10-11-25-15(22)12-6-2-1-3-7-12/h1-9,15H,10-11H2,(H,21,23). The molecular formula is C17H15F3N2O2S. The highest BCUT2D eigenvalue weighted by Crippen LogP contribution is 2.38. The number of carbonyl (C=O) groups is 1. The minimum atomic E-state index is -4.82. The Morgan fingerprint density at radius 1 is 1.12 bits per heavy atom. The van der Waals surface area contributed by atoms with Crippen LogP contribution >= 0.6 is 11.8 Å². The van der Waals surface area contributed by atoms with E-state index in [0.717, 1.165) is 17.4 Å². The molecule has 1 heterocycles. The zero-order valence-corrected chi connectivity index (χ0v) is 13.8. The van der Waals surface area contributed by atoms with Crippen LogP contribution in [-0.2, 0) is 0 Å². The first-order valence-corrected chi connectivity index (χ1v) is 8.58. The lowest BCUT2D eigenvalue weighted by Gasteiger charge is -2.25. The highest BCUT2D eigenvalue weighted by Gasteiger charge is 2.34. The average Bonchev–Trinajstić information content (AvgIpc) is 3.06. The van der Waals surface area contributed by atoms with Crippen LogP contribution in [0.5, 0.6) is 5.75 Å². The number of benzene rings is 2. The summed E-state index contributed by atoms with van der Waals surface area (Å²) in [6.45, 7) is 0.512. The molecule has 1 atom stereocenters. The summed E-state index contributed by atoms with van der Waals surface area (Å²) in [6, 6.07) is 14.5. The van der Waals surface area contributed by atoms with Crippen molar-refractivity contribution < 1.29 is 22.7 Å². The fourth-order valence-electron chi connectivity index (χ4n) is 2.54. The Balaban J connectivity index is 1.76. The number of urea groups is 1. The van der Waals surface area contributed by atoms with Crippen molar-refractivity contribution in [2.45, 2.75) is 11.7 Å². The van der Waals surface area contributed by atoms with E-state index in [0.29, 0.717) is 6.54 Å². The summed E-state index contributed by atoms with van der Waals surface area (Å²) in [6.07, 6.45) is -4.82. The number of nitrogens with one attached hydrogen (secondary N) is 1. The molecule has 2 aromatic rings. The molecule has 25 heavy (non-hydrogen) atoms. The maximum absolute atomic E-state index is 12.6. The Labute approximate surface area is 147 Å². The van der Waals surface area contributed by atoms with Gasteiger partial charge < -0.3 is 15.0 Å². The lowest BCUT2D eigenvalue weighted by molar-refractivity contribution is -0.274. The molecular weight excluding hydrogens is 353 g/mol. The van der Waals surface area contributed by atoms with Gasteiger partial charge in [0.15, 0.2) is 5.75 Å². The van der Waals surface area contributed by atoms with Crippen molar-refractivity contribution in [3.8, 4) is 5.75 Å². The second kappa shape index (κ2) is 7.26. The number of hydrogen-bond donors (Lipinski definition) is 1. The maximum atomic E-state index is 12.6. The van der Waals surface area contributed by atoms with Gasteiger partial charge in [-0.2, -0.15) is 0 Å². The van der Waals surface area contributed by atoms with E-state index < -0.39 is 18.1 Å². The Kier molecular flexibility index (Phi) is 5.08. The number of anilines is 1. The molecule has 8 heteroatoms. The van der Waals surface area contributed by atoms with Crippen LogP contribution in [0.2, 0.25) is 0 Å². The zero-order chi connectivity index (χ0) is 17.9. The topological polar surface area (TPSA) is 41.6 Å². The Bertz CT molecular complexity index is 740. The fraction of sp³-hybridized carbons (Fsp3) is 0.235. The van der Waals surface area contributed by atoms with Gasteiger partial charge in [-0.3, -0.25) is 0 Å². The van der Waals surface area contributed by atoms with Crippen LogP contribution in [0.3, 0.4) is 0 Å². The smallest absolute Gasteiger partial charge is 0.404 e. The summed E-state index contributed by atoms with van der Waals surface area (Å²) >= 11 is 1.61. The third-order valence-corrected chi connectivity index (χ3v) is 4.85. The van der Waals surface area contributed by atoms with E-state index in [9.17, 15) is 18.0 Å². The van der Waals surface area contributed by atoms with E-state index in [1.165, 1.54) is 18.2 Å². The molecule has 4 nitrogen and oxygen atoms in total. The van der Waals surface area contributed by atoms with Crippen LogP contribution in [0.1, 0.15) is 10.9 Å². The quantitative estimate of drug-likeness (QED) is 0.841. The van der Waals surface area contributed by atoms with Gasteiger partial charge in [-0.1, -0.05) is 42.5 Å². The fourth-order valence-corrected chi connectivity index (χ4v) is 3.80. The summed E-state index contributed by atoms with van der Waals surface area (Å²) in [5.74, 6) is 0.319. The van der Waals surface area contributed by atoms with E-state index in [1.54, 1.807) is 16.7 Å². The molecule has 1 aliphatic heterocycles. The van der Waals surface area contributed by atoms with Crippen LogP contribution in [0.25, 0.3) is 0 Å². The number of halogens is 3. The van der Waals surface area contributed by atoms with Crippen molar-refractivity contribution in [2.24, 2.45) is 0 Å². The molecule has 0 radical (unpaired) electrons. The molecule has 1 saturated heterocycles. The van der Waals surface area contributed by atoms with Crippen molar-refractivity contribution in [2.75, 3.05) is 17.6 Å². The van der Waals surface area contributed by atoms with Crippen molar-refractivity contribution in [1.29, 1.82) is 0 Å². The molecule has 3 rings (SSSR count). The third-order valence-electron chi connectivity index (χ3n) is 3.59. The molecule has 0 aliphatic carbocycles. The number of amides is 2. The van der Waals surface area contributed by atoms with Gasteiger partial charge in [0.25, 0.3) is 0 Å². The first-order valence-electron chi connectivity index (χ1n) is 7.53. The monoisotopic (exact) mass is 368 g/mol. The Hall–Kier alpha value is -2.35. The van der Waals surface area contributed by atoms with Gasteiger partial charge in [0.2, 0.25) is 0 Å². The maximum Gasteiger partial charge on any atom is 0.573 e. The number of alkyl halides is 3. The van der Waals surface area contributed by atoms with E-state index >= 15 is 0 Å². The first kappa shape index (κ1) is 17.5. The largest absolute Gasteiger partial charge is 0.573 e. The number of thioether (sulfide) groups is 1. The van der Waals surface area contributed by atoms with Gasteiger partial charge in [-0.25, -0.2) is 4.79 Å². The van der Waals surface area contributed by atoms with Gasteiger partial charge in [-0.05, 0) is 17.7 Å². The van der Waals surface area contributed by atoms with Gasteiger partial charge in [0.1, 0.15) is 5.37 Å². The predicted molar refractivity (Wildman–Crippen MR) is 90.5 cm³/mol. The lowest BCUT2D eigenvalue weighted by Crippen LogP contribution is -2.34. The van der Waals surface area contributed by atoms with Crippen LogP contribution in [0.15, 0.2) is 54.6 Å². The van der Waals surface area contributed by atoms with Crippen molar-refractivity contribution in [1.82, 2.24) is 4.90 Å². The number of rotatable bonds is 3. The highest BCUT2D eigenvalue weighted by molar-refractivity contribution is 7.99. The van der Waals surface area contributed by atoms with E-state index in [-0.39, 0.29) is 11.1 Å². The molecule has 0 aromatic heterocycles. The molecule has 1 unspecified atom stereocenters. The summed E-state index contributed by atoms with van der Waals surface area (Å²) in [4.78, 5) is 14.2. The Morgan fingerprint density at radius 3 is 2.52 bits per heavy atom. The molecule has 0 bridgehead atoms. The lowest BCUT2D eigenvalue weighted by atomic mass is 10.2. The van der Waals surface area contributed by atoms with Crippen LogP contribution in [0.4, 0.5) is 23.7 Å².